The molecule has 0 radical (unpaired) electrons. The van der Waals surface area contributed by atoms with E-state index in [2.05, 4.69) is 30.7 Å². The van der Waals surface area contributed by atoms with E-state index in [0.29, 0.717) is 29.7 Å². The summed E-state index contributed by atoms with van der Waals surface area (Å²) in [5.74, 6) is 0.922. The number of nitrogens with one attached hydrogen (secondary N) is 2. The molecule has 1 fully saturated rings. The number of rotatable bonds is 7. The predicted molar refractivity (Wildman–Crippen MR) is 129 cm³/mol. The van der Waals surface area contributed by atoms with Crippen LogP contribution in [0.25, 0.3) is 0 Å². The molecule has 1 saturated carbocycles. The third kappa shape index (κ3) is 4.82. The molecular formula is C24H27F3N8O2. The number of pyridine rings is 1. The average Bonchev–Trinajstić information content (AvgIpc) is 3.52. The van der Waals surface area contributed by atoms with Gasteiger partial charge < -0.3 is 20.3 Å². The van der Waals surface area contributed by atoms with Crippen LogP contribution in [0.4, 0.5) is 30.6 Å². The van der Waals surface area contributed by atoms with Crippen LogP contribution in [0.5, 0.6) is 0 Å². The summed E-state index contributed by atoms with van der Waals surface area (Å²) in [6, 6.07) is 2.06. The highest BCUT2D eigenvalue weighted by atomic mass is 19.4. The number of hydrogen-bond donors (Lipinski definition) is 2. The Bertz CT molecular complexity index is 1310. The van der Waals surface area contributed by atoms with Gasteiger partial charge >= 0.3 is 6.18 Å². The van der Waals surface area contributed by atoms with Crippen LogP contribution in [0, 0.1) is 6.92 Å². The Labute approximate surface area is 211 Å². The molecule has 10 nitrogen and oxygen atoms in total. The molecule has 3 aromatic rings. The van der Waals surface area contributed by atoms with Crippen molar-refractivity contribution in [2.75, 3.05) is 29.7 Å². The van der Waals surface area contributed by atoms with Crippen molar-refractivity contribution in [1.82, 2.24) is 24.7 Å². The minimum atomic E-state index is -4.45. The summed E-state index contributed by atoms with van der Waals surface area (Å²) >= 11 is 0. The third-order valence-corrected chi connectivity index (χ3v) is 6.86. The fourth-order valence-corrected chi connectivity index (χ4v) is 4.66. The number of likely N-dealkylation sites (N-methyl/N-ethyl adjacent to an activating group) is 1. The third-order valence-electron chi connectivity index (χ3n) is 6.86. The molecule has 0 spiro atoms. The van der Waals surface area contributed by atoms with E-state index in [1.807, 2.05) is 17.8 Å². The first-order chi connectivity index (χ1) is 17.6. The van der Waals surface area contributed by atoms with Gasteiger partial charge in [-0.1, -0.05) is 6.07 Å². The van der Waals surface area contributed by atoms with Gasteiger partial charge in [0.25, 0.3) is 0 Å². The normalized spacial score (nSPS) is 21.9. The van der Waals surface area contributed by atoms with Crippen LogP contribution in [0.2, 0.25) is 0 Å². The molecule has 0 saturated heterocycles. The molecule has 2 aliphatic rings. The van der Waals surface area contributed by atoms with Gasteiger partial charge in [-0.3, -0.25) is 14.5 Å². The van der Waals surface area contributed by atoms with Gasteiger partial charge in [-0.05, 0) is 31.9 Å². The molecular weight excluding hydrogens is 489 g/mol. The Morgan fingerprint density at radius 1 is 1.27 bits per heavy atom. The zero-order valence-corrected chi connectivity index (χ0v) is 20.7. The van der Waals surface area contributed by atoms with E-state index in [1.165, 1.54) is 12.3 Å². The molecule has 0 bridgehead atoms. The van der Waals surface area contributed by atoms with Gasteiger partial charge in [0.1, 0.15) is 17.4 Å². The molecule has 1 aliphatic carbocycles. The van der Waals surface area contributed by atoms with E-state index in [1.54, 1.807) is 32.2 Å². The SMILES string of the molecule is COC(C)C1C(=O)Nc2c(C)nc(NCc3cnn([C@@H]4C[C@H]4c4ccc(C(F)(F)F)nc4)c3)nc2N1C. The minimum Gasteiger partial charge on any atom is -0.379 e. The summed E-state index contributed by atoms with van der Waals surface area (Å²) in [7, 11) is 3.36. The zero-order valence-electron chi connectivity index (χ0n) is 20.7. The first kappa shape index (κ1) is 24.9. The number of ether oxygens (including phenoxy) is 1. The van der Waals surface area contributed by atoms with Crippen LogP contribution < -0.4 is 15.5 Å². The summed E-state index contributed by atoms with van der Waals surface area (Å²) in [6.07, 6.45) is 0.949. The quantitative estimate of drug-likeness (QED) is 0.491. The highest BCUT2D eigenvalue weighted by molar-refractivity contribution is 6.03. The van der Waals surface area contributed by atoms with Crippen LogP contribution in [-0.2, 0) is 22.3 Å². The maximum atomic E-state index is 12.8. The highest BCUT2D eigenvalue weighted by Crippen LogP contribution is 2.51. The highest BCUT2D eigenvalue weighted by Gasteiger charge is 2.42. The smallest absolute Gasteiger partial charge is 0.379 e. The number of halogens is 3. The first-order valence-electron chi connectivity index (χ1n) is 11.8. The number of amides is 1. The molecule has 4 atom stereocenters. The number of alkyl halides is 3. The summed E-state index contributed by atoms with van der Waals surface area (Å²) in [5, 5.41) is 10.5. The van der Waals surface area contributed by atoms with Crippen LogP contribution in [0.15, 0.2) is 30.7 Å². The van der Waals surface area contributed by atoms with E-state index < -0.39 is 17.9 Å². The Morgan fingerprint density at radius 2 is 2.05 bits per heavy atom. The van der Waals surface area contributed by atoms with Crippen molar-refractivity contribution in [3.63, 3.8) is 0 Å². The lowest BCUT2D eigenvalue weighted by Crippen LogP contribution is -2.53. The van der Waals surface area contributed by atoms with E-state index >= 15 is 0 Å². The van der Waals surface area contributed by atoms with Crippen molar-refractivity contribution in [1.29, 1.82) is 0 Å². The molecule has 3 aromatic heterocycles. The number of aryl methyl sites for hydroxylation is 1. The van der Waals surface area contributed by atoms with Gasteiger partial charge in [-0.25, -0.2) is 4.98 Å². The predicted octanol–water partition coefficient (Wildman–Crippen LogP) is 3.53. The second-order valence-corrected chi connectivity index (χ2v) is 9.38. The van der Waals surface area contributed by atoms with E-state index in [9.17, 15) is 18.0 Å². The van der Waals surface area contributed by atoms with Gasteiger partial charge in [0.2, 0.25) is 11.9 Å². The Hall–Kier alpha value is -3.74. The molecule has 13 heteroatoms. The summed E-state index contributed by atoms with van der Waals surface area (Å²) < 4.78 is 45.5. The molecule has 2 unspecified atom stereocenters. The fraction of sp³-hybridized carbons (Fsp3) is 0.458. The summed E-state index contributed by atoms with van der Waals surface area (Å²) in [6.45, 7) is 4.06. The Kier molecular flexibility index (Phi) is 6.26. The summed E-state index contributed by atoms with van der Waals surface area (Å²) in [4.78, 5) is 27.0. The maximum Gasteiger partial charge on any atom is 0.433 e. The van der Waals surface area contributed by atoms with Gasteiger partial charge in [0, 0.05) is 44.6 Å². The number of anilines is 3. The van der Waals surface area contributed by atoms with Crippen LogP contribution in [0.1, 0.15) is 47.8 Å². The van der Waals surface area contributed by atoms with Crippen molar-refractivity contribution in [2.24, 2.45) is 0 Å². The number of carbonyl (C=O) groups excluding carboxylic acids is 1. The van der Waals surface area contributed by atoms with E-state index in [4.69, 9.17) is 4.74 Å². The lowest BCUT2D eigenvalue weighted by molar-refractivity contribution is -0.141. The topological polar surface area (TPSA) is 110 Å². The van der Waals surface area contributed by atoms with Crippen molar-refractivity contribution in [3.8, 4) is 0 Å². The second kappa shape index (κ2) is 9.29. The Morgan fingerprint density at radius 3 is 2.73 bits per heavy atom. The van der Waals surface area contributed by atoms with Gasteiger partial charge in [-0.2, -0.15) is 23.3 Å². The first-order valence-corrected chi connectivity index (χ1v) is 11.8. The number of hydrogen-bond acceptors (Lipinski definition) is 8. The largest absolute Gasteiger partial charge is 0.433 e. The van der Waals surface area contributed by atoms with Crippen molar-refractivity contribution in [3.05, 3.63) is 53.2 Å². The molecule has 4 heterocycles. The van der Waals surface area contributed by atoms with E-state index in [0.717, 1.165) is 23.6 Å². The minimum absolute atomic E-state index is 0.0755. The molecule has 0 aromatic carbocycles. The van der Waals surface area contributed by atoms with Gasteiger partial charge in [0.05, 0.1) is 24.0 Å². The number of nitrogens with zero attached hydrogens (tertiary/aromatic N) is 6. The zero-order chi connectivity index (χ0) is 26.5. The Balaban J connectivity index is 1.24. The van der Waals surface area contributed by atoms with Crippen molar-refractivity contribution < 1.29 is 22.7 Å². The van der Waals surface area contributed by atoms with Crippen molar-refractivity contribution in [2.45, 2.75) is 57.1 Å². The lowest BCUT2D eigenvalue weighted by atomic mass is 10.1. The molecule has 2 N–H and O–H groups in total. The number of carbonyl (C=O) groups is 1. The standard InChI is InChI=1S/C24H27F3N8O2/c1-12-19-21(34(3)20(13(2)37-4)22(36)32-19)33-23(31-12)29-8-14-9-30-35(11-14)17-7-16(17)15-5-6-18(28-10-15)24(25,26)27/h5-6,9-11,13,16-17,20H,7-8H2,1-4H3,(H,32,36)(H,29,31,33)/t13?,16-,17+,20?/m0/s1. The van der Waals surface area contributed by atoms with Gasteiger partial charge in [-0.15, -0.1) is 0 Å². The van der Waals surface area contributed by atoms with Gasteiger partial charge in [0.15, 0.2) is 5.82 Å². The fourth-order valence-electron chi connectivity index (χ4n) is 4.66. The molecule has 1 amide bonds. The summed E-state index contributed by atoms with van der Waals surface area (Å²) in [5.41, 5.74) is 1.99. The van der Waals surface area contributed by atoms with Crippen LogP contribution >= 0.6 is 0 Å². The van der Waals surface area contributed by atoms with Crippen LogP contribution in [-0.4, -0.2) is 56.9 Å². The average molecular weight is 517 g/mol. The molecule has 1 aliphatic heterocycles. The second-order valence-electron chi connectivity index (χ2n) is 9.38. The van der Waals surface area contributed by atoms with E-state index in [-0.39, 0.29) is 24.0 Å². The monoisotopic (exact) mass is 516 g/mol. The lowest BCUT2D eigenvalue weighted by Gasteiger charge is -2.37. The molecule has 196 valence electrons. The molecule has 5 rings (SSSR count). The number of fused-ring (bicyclic) bond motifs is 1. The van der Waals surface area contributed by atoms with Crippen molar-refractivity contribution >= 4 is 23.4 Å². The number of aromatic nitrogens is 5. The van der Waals surface area contributed by atoms with Crippen LogP contribution in [0.3, 0.4) is 0 Å². The maximum absolute atomic E-state index is 12.8. The number of methoxy groups -OCH3 is 1. The molecule has 37 heavy (non-hydrogen) atoms.